The summed E-state index contributed by atoms with van der Waals surface area (Å²) in [5.41, 5.74) is 5.44. The Kier molecular flexibility index (Phi) is 5.44. The number of likely N-dealkylation sites (tertiary alicyclic amines) is 1. The first kappa shape index (κ1) is 17.2. The summed E-state index contributed by atoms with van der Waals surface area (Å²) >= 11 is 0. The van der Waals surface area contributed by atoms with E-state index in [0.29, 0.717) is 5.92 Å². The molecule has 1 atom stereocenters. The summed E-state index contributed by atoms with van der Waals surface area (Å²) in [5.74, 6) is 0.441. The monoisotopic (exact) mass is 285 g/mol. The zero-order valence-electron chi connectivity index (χ0n) is 13.8. The number of alkyl carbamates (subject to hydrolysis) is 1. The van der Waals surface area contributed by atoms with E-state index in [1.165, 1.54) is 0 Å². The molecule has 1 heterocycles. The molecule has 0 bridgehead atoms. The Morgan fingerprint density at radius 2 is 1.75 bits per heavy atom. The topological polar surface area (TPSA) is 67.6 Å². The van der Waals surface area contributed by atoms with Gasteiger partial charge in [-0.3, -0.25) is 0 Å². The molecule has 1 rings (SSSR count). The lowest BCUT2D eigenvalue weighted by Gasteiger charge is -2.41. The van der Waals surface area contributed by atoms with Crippen molar-refractivity contribution in [1.82, 2.24) is 10.2 Å². The first-order valence-corrected chi connectivity index (χ1v) is 7.46. The van der Waals surface area contributed by atoms with Gasteiger partial charge in [0.05, 0.1) is 5.54 Å². The molecule has 5 nitrogen and oxygen atoms in total. The second-order valence-corrected chi connectivity index (χ2v) is 7.52. The van der Waals surface area contributed by atoms with Crippen LogP contribution in [-0.4, -0.2) is 48.3 Å². The van der Waals surface area contributed by atoms with Gasteiger partial charge in [-0.05, 0) is 73.5 Å². The number of nitrogens with zero attached hydrogens (tertiary/aromatic N) is 1. The minimum atomic E-state index is -0.488. The molecule has 1 aliphatic rings. The fraction of sp³-hybridized carbons (Fsp3) is 0.933. The molecule has 118 valence electrons. The highest BCUT2D eigenvalue weighted by atomic mass is 16.6. The van der Waals surface area contributed by atoms with Crippen LogP contribution < -0.4 is 11.1 Å². The van der Waals surface area contributed by atoms with Crippen LogP contribution in [0.15, 0.2) is 0 Å². The number of hydrogen-bond donors (Lipinski definition) is 2. The normalized spacial score (nSPS) is 20.6. The summed E-state index contributed by atoms with van der Waals surface area (Å²) in [6.45, 7) is 11.7. The molecule has 1 amide bonds. The van der Waals surface area contributed by atoms with Crippen LogP contribution in [0, 0.1) is 5.92 Å². The van der Waals surface area contributed by atoms with Gasteiger partial charge in [0.15, 0.2) is 0 Å². The molecule has 0 aromatic carbocycles. The minimum Gasteiger partial charge on any atom is -0.444 e. The molecule has 1 unspecified atom stereocenters. The van der Waals surface area contributed by atoms with Crippen molar-refractivity contribution >= 4 is 6.09 Å². The van der Waals surface area contributed by atoms with Crippen LogP contribution in [0.25, 0.3) is 0 Å². The van der Waals surface area contributed by atoms with Gasteiger partial charge in [-0.1, -0.05) is 0 Å². The van der Waals surface area contributed by atoms with E-state index in [4.69, 9.17) is 10.5 Å². The highest BCUT2D eigenvalue weighted by Crippen LogP contribution is 2.25. The van der Waals surface area contributed by atoms with Gasteiger partial charge in [0.25, 0.3) is 0 Å². The van der Waals surface area contributed by atoms with Gasteiger partial charge >= 0.3 is 6.09 Å². The largest absolute Gasteiger partial charge is 0.444 e. The van der Waals surface area contributed by atoms with Gasteiger partial charge in [-0.2, -0.15) is 0 Å². The molecule has 1 aliphatic heterocycles. The van der Waals surface area contributed by atoms with E-state index in [-0.39, 0.29) is 6.04 Å². The van der Waals surface area contributed by atoms with Crippen LogP contribution in [0.2, 0.25) is 0 Å². The maximum Gasteiger partial charge on any atom is 0.408 e. The number of rotatable bonds is 3. The summed E-state index contributed by atoms with van der Waals surface area (Å²) < 4.78 is 5.31. The Labute approximate surface area is 123 Å². The number of nitrogens with one attached hydrogen (secondary N) is 1. The van der Waals surface area contributed by atoms with E-state index in [2.05, 4.69) is 17.3 Å². The van der Waals surface area contributed by atoms with Gasteiger partial charge in [0, 0.05) is 6.04 Å². The van der Waals surface area contributed by atoms with E-state index in [1.807, 2.05) is 34.6 Å². The van der Waals surface area contributed by atoms with Gasteiger partial charge in [0.2, 0.25) is 0 Å². The van der Waals surface area contributed by atoms with Crippen molar-refractivity contribution in [2.24, 2.45) is 11.7 Å². The maximum absolute atomic E-state index is 11.9. The average molecular weight is 285 g/mol. The smallest absolute Gasteiger partial charge is 0.408 e. The molecule has 0 aliphatic carbocycles. The van der Waals surface area contributed by atoms with Crippen molar-refractivity contribution in [2.75, 3.05) is 20.1 Å². The summed E-state index contributed by atoms with van der Waals surface area (Å²) in [5, 5.41) is 2.92. The molecular formula is C15H31N3O2. The van der Waals surface area contributed by atoms with Crippen molar-refractivity contribution in [3.63, 3.8) is 0 Å². The zero-order valence-corrected chi connectivity index (χ0v) is 13.8. The highest BCUT2D eigenvalue weighted by Gasteiger charge is 2.36. The van der Waals surface area contributed by atoms with Crippen molar-refractivity contribution in [1.29, 1.82) is 0 Å². The summed E-state index contributed by atoms with van der Waals surface area (Å²) in [4.78, 5) is 14.2. The molecule has 0 radical (unpaired) electrons. The Morgan fingerprint density at radius 3 is 2.20 bits per heavy atom. The SMILES string of the molecule is CN1CCC(C(N)C(C)(C)NC(=O)OC(C)(C)C)CC1. The number of carbonyl (C=O) groups is 1. The minimum absolute atomic E-state index is 0.0660. The van der Waals surface area contributed by atoms with E-state index < -0.39 is 17.2 Å². The van der Waals surface area contributed by atoms with E-state index in [1.54, 1.807) is 0 Å². The van der Waals surface area contributed by atoms with Crippen LogP contribution in [0.5, 0.6) is 0 Å². The lowest BCUT2D eigenvalue weighted by molar-refractivity contribution is 0.0431. The van der Waals surface area contributed by atoms with Crippen LogP contribution in [-0.2, 0) is 4.74 Å². The summed E-state index contributed by atoms with van der Waals surface area (Å²) in [6.07, 6.45) is 1.76. The lowest BCUT2D eigenvalue weighted by atomic mass is 9.80. The molecule has 3 N–H and O–H groups in total. The highest BCUT2D eigenvalue weighted by molar-refractivity contribution is 5.68. The number of hydrogen-bond acceptors (Lipinski definition) is 4. The van der Waals surface area contributed by atoms with Crippen molar-refractivity contribution in [3.05, 3.63) is 0 Å². The Bertz CT molecular complexity index is 329. The predicted octanol–water partition coefficient (Wildman–Crippen LogP) is 1.96. The fourth-order valence-corrected chi connectivity index (χ4v) is 2.63. The van der Waals surface area contributed by atoms with Crippen LogP contribution in [0.1, 0.15) is 47.5 Å². The number of piperidine rings is 1. The molecular weight excluding hydrogens is 254 g/mol. The van der Waals surface area contributed by atoms with Crippen molar-refractivity contribution in [2.45, 2.75) is 64.6 Å². The molecule has 1 fully saturated rings. The summed E-state index contributed by atoms with van der Waals surface area (Å²) in [7, 11) is 2.13. The second-order valence-electron chi connectivity index (χ2n) is 7.52. The fourth-order valence-electron chi connectivity index (χ4n) is 2.63. The molecule has 5 heteroatoms. The molecule has 0 saturated carbocycles. The second kappa shape index (κ2) is 6.31. The average Bonchev–Trinajstić information content (AvgIpc) is 2.25. The quantitative estimate of drug-likeness (QED) is 0.832. The van der Waals surface area contributed by atoms with Crippen LogP contribution >= 0.6 is 0 Å². The predicted molar refractivity (Wildman–Crippen MR) is 81.6 cm³/mol. The third kappa shape index (κ3) is 5.29. The number of nitrogens with two attached hydrogens (primary N) is 1. The van der Waals surface area contributed by atoms with Crippen LogP contribution in [0.4, 0.5) is 4.79 Å². The molecule has 0 aromatic heterocycles. The number of amides is 1. The lowest BCUT2D eigenvalue weighted by Crippen LogP contribution is -2.60. The number of ether oxygens (including phenoxy) is 1. The van der Waals surface area contributed by atoms with Gasteiger partial charge in [-0.25, -0.2) is 4.79 Å². The van der Waals surface area contributed by atoms with Crippen LogP contribution in [0.3, 0.4) is 0 Å². The standard InChI is InChI=1S/C15H31N3O2/c1-14(2,3)20-13(19)17-15(4,5)12(16)11-7-9-18(6)10-8-11/h11-12H,7-10,16H2,1-6H3,(H,17,19). The van der Waals surface area contributed by atoms with Gasteiger partial charge in [-0.15, -0.1) is 0 Å². The molecule has 1 saturated heterocycles. The zero-order chi connectivity index (χ0) is 15.6. The van der Waals surface area contributed by atoms with Crippen molar-refractivity contribution in [3.8, 4) is 0 Å². The molecule has 0 spiro atoms. The third-order valence-electron chi connectivity index (χ3n) is 3.93. The first-order chi connectivity index (χ1) is 9.01. The number of carbonyl (C=O) groups excluding carboxylic acids is 1. The first-order valence-electron chi connectivity index (χ1n) is 7.46. The third-order valence-corrected chi connectivity index (χ3v) is 3.93. The van der Waals surface area contributed by atoms with Crippen molar-refractivity contribution < 1.29 is 9.53 Å². The Balaban J connectivity index is 2.56. The maximum atomic E-state index is 11.9. The Hall–Kier alpha value is -0.810. The van der Waals surface area contributed by atoms with E-state index in [9.17, 15) is 4.79 Å². The van der Waals surface area contributed by atoms with Gasteiger partial charge < -0.3 is 20.7 Å². The Morgan fingerprint density at radius 1 is 1.25 bits per heavy atom. The molecule has 0 aromatic rings. The molecule has 20 heavy (non-hydrogen) atoms. The van der Waals surface area contributed by atoms with E-state index in [0.717, 1.165) is 25.9 Å². The van der Waals surface area contributed by atoms with Gasteiger partial charge in [0.1, 0.15) is 5.60 Å². The van der Waals surface area contributed by atoms with E-state index >= 15 is 0 Å². The summed E-state index contributed by atoms with van der Waals surface area (Å²) in [6, 6.07) is -0.0660.